The number of nitrogens with one attached hydrogen (secondary N) is 1. The number of carbonyl (C=O) groups is 1. The molecule has 1 saturated heterocycles. The molecule has 1 aliphatic heterocycles. The third-order valence-electron chi connectivity index (χ3n) is 4.34. The predicted octanol–water partition coefficient (Wildman–Crippen LogP) is 3.07. The van der Waals surface area contributed by atoms with Gasteiger partial charge in [-0.3, -0.25) is 9.89 Å². The Morgan fingerprint density at radius 1 is 1.45 bits per heavy atom. The average Bonchev–Trinajstić information content (AvgIpc) is 3.05. The molecular formula is C17H20FN3O. The molecule has 5 heteroatoms. The molecule has 1 atom stereocenters. The number of likely N-dealkylation sites (tertiary alicyclic amines) is 1. The molecule has 3 rings (SSSR count). The zero-order valence-corrected chi connectivity index (χ0v) is 12.9. The minimum Gasteiger partial charge on any atom is -0.335 e. The number of hydrogen-bond acceptors (Lipinski definition) is 2. The van der Waals surface area contributed by atoms with Crippen LogP contribution in [0, 0.1) is 19.7 Å². The Hall–Kier alpha value is -2.17. The summed E-state index contributed by atoms with van der Waals surface area (Å²) in [5.74, 6) is -0.252. The van der Waals surface area contributed by atoms with Crippen LogP contribution in [0.2, 0.25) is 0 Å². The van der Waals surface area contributed by atoms with Crippen LogP contribution in [0.1, 0.15) is 41.4 Å². The lowest BCUT2D eigenvalue weighted by Gasteiger charge is -2.25. The highest BCUT2D eigenvalue weighted by Crippen LogP contribution is 2.35. The van der Waals surface area contributed by atoms with Gasteiger partial charge in [0.1, 0.15) is 5.82 Å². The van der Waals surface area contributed by atoms with Crippen LogP contribution in [0.3, 0.4) is 0 Å². The van der Waals surface area contributed by atoms with Crippen molar-refractivity contribution in [3.8, 4) is 0 Å². The molecule has 2 heterocycles. The van der Waals surface area contributed by atoms with E-state index in [1.807, 2.05) is 18.7 Å². The van der Waals surface area contributed by atoms with Crippen molar-refractivity contribution in [2.45, 2.75) is 39.2 Å². The fourth-order valence-corrected chi connectivity index (χ4v) is 3.34. The van der Waals surface area contributed by atoms with Crippen molar-refractivity contribution in [2.24, 2.45) is 0 Å². The summed E-state index contributed by atoms with van der Waals surface area (Å²) in [4.78, 5) is 14.5. The Bertz CT molecular complexity index is 675. The van der Waals surface area contributed by atoms with Crippen LogP contribution in [0.25, 0.3) is 0 Å². The van der Waals surface area contributed by atoms with Crippen molar-refractivity contribution >= 4 is 5.91 Å². The molecule has 1 fully saturated rings. The van der Waals surface area contributed by atoms with E-state index in [0.29, 0.717) is 0 Å². The maximum absolute atomic E-state index is 13.3. The van der Waals surface area contributed by atoms with Crippen LogP contribution in [0.4, 0.5) is 4.39 Å². The van der Waals surface area contributed by atoms with Crippen molar-refractivity contribution in [2.75, 3.05) is 6.54 Å². The van der Waals surface area contributed by atoms with Crippen LogP contribution in [0.5, 0.6) is 0 Å². The van der Waals surface area contributed by atoms with Crippen LogP contribution in [0.15, 0.2) is 24.3 Å². The van der Waals surface area contributed by atoms with Crippen molar-refractivity contribution in [3.05, 3.63) is 52.6 Å². The van der Waals surface area contributed by atoms with Gasteiger partial charge in [0.2, 0.25) is 5.91 Å². The summed E-state index contributed by atoms with van der Waals surface area (Å²) < 4.78 is 13.3. The number of aryl methyl sites for hydroxylation is 2. The predicted molar refractivity (Wildman–Crippen MR) is 81.9 cm³/mol. The maximum atomic E-state index is 13.3. The van der Waals surface area contributed by atoms with E-state index in [-0.39, 0.29) is 24.2 Å². The summed E-state index contributed by atoms with van der Waals surface area (Å²) in [6.07, 6.45) is 2.18. The number of benzene rings is 1. The number of aromatic amines is 1. The van der Waals surface area contributed by atoms with Gasteiger partial charge in [0, 0.05) is 17.8 Å². The summed E-state index contributed by atoms with van der Waals surface area (Å²) in [7, 11) is 0. The standard InChI is InChI=1S/C17H20FN3O/c1-11-17(12(2)20-19-11)15-7-4-8-21(15)16(22)10-13-5-3-6-14(18)9-13/h3,5-6,9,15H,4,7-8,10H2,1-2H3,(H,19,20)/t15-/m0/s1. The summed E-state index contributed by atoms with van der Waals surface area (Å²) in [5.41, 5.74) is 3.82. The fourth-order valence-electron chi connectivity index (χ4n) is 3.34. The number of carbonyl (C=O) groups excluding carboxylic acids is 1. The Morgan fingerprint density at radius 3 is 2.95 bits per heavy atom. The highest BCUT2D eigenvalue weighted by molar-refractivity contribution is 5.79. The van der Waals surface area contributed by atoms with Gasteiger partial charge in [-0.15, -0.1) is 0 Å². The van der Waals surface area contributed by atoms with Crippen LogP contribution >= 0.6 is 0 Å². The molecule has 0 spiro atoms. The lowest BCUT2D eigenvalue weighted by Crippen LogP contribution is -2.32. The lowest BCUT2D eigenvalue weighted by atomic mass is 10.0. The van der Waals surface area contributed by atoms with Crippen LogP contribution < -0.4 is 0 Å². The van der Waals surface area contributed by atoms with Gasteiger partial charge >= 0.3 is 0 Å². The number of aromatic nitrogens is 2. The van der Waals surface area contributed by atoms with E-state index in [0.717, 1.165) is 41.9 Å². The van der Waals surface area contributed by atoms with Crippen LogP contribution in [-0.2, 0) is 11.2 Å². The first-order valence-corrected chi connectivity index (χ1v) is 7.61. The molecular weight excluding hydrogens is 281 g/mol. The highest BCUT2D eigenvalue weighted by atomic mass is 19.1. The second-order valence-electron chi connectivity index (χ2n) is 5.90. The molecule has 0 saturated carbocycles. The number of hydrogen-bond donors (Lipinski definition) is 1. The average molecular weight is 301 g/mol. The Labute approximate surface area is 129 Å². The molecule has 1 aliphatic rings. The van der Waals surface area contributed by atoms with Crippen LogP contribution in [-0.4, -0.2) is 27.5 Å². The minimum absolute atomic E-state index is 0.0492. The van der Waals surface area contributed by atoms with Crippen molar-refractivity contribution in [3.63, 3.8) is 0 Å². The largest absolute Gasteiger partial charge is 0.335 e. The molecule has 0 unspecified atom stereocenters. The van der Waals surface area contributed by atoms with Crippen molar-refractivity contribution in [1.29, 1.82) is 0 Å². The van der Waals surface area contributed by atoms with E-state index in [2.05, 4.69) is 10.2 Å². The molecule has 22 heavy (non-hydrogen) atoms. The third-order valence-corrected chi connectivity index (χ3v) is 4.34. The molecule has 1 aromatic carbocycles. The summed E-state index contributed by atoms with van der Waals surface area (Å²) in [6.45, 7) is 4.71. The molecule has 0 aliphatic carbocycles. The summed E-state index contributed by atoms with van der Waals surface area (Å²) >= 11 is 0. The second-order valence-corrected chi connectivity index (χ2v) is 5.90. The van der Waals surface area contributed by atoms with Crippen molar-refractivity contribution < 1.29 is 9.18 Å². The molecule has 1 aromatic heterocycles. The van der Waals surface area contributed by atoms with Gasteiger partial charge < -0.3 is 4.90 Å². The quantitative estimate of drug-likeness (QED) is 0.947. The van der Waals surface area contributed by atoms with Gasteiger partial charge in [0.05, 0.1) is 18.2 Å². The van der Waals surface area contributed by atoms with E-state index in [9.17, 15) is 9.18 Å². The second kappa shape index (κ2) is 5.91. The fraction of sp³-hybridized carbons (Fsp3) is 0.412. The third kappa shape index (κ3) is 2.75. The first-order valence-electron chi connectivity index (χ1n) is 7.61. The molecule has 1 N–H and O–H groups in total. The topological polar surface area (TPSA) is 49.0 Å². The first-order chi connectivity index (χ1) is 10.6. The summed E-state index contributed by atoms with van der Waals surface area (Å²) in [6, 6.07) is 6.34. The smallest absolute Gasteiger partial charge is 0.227 e. The summed E-state index contributed by atoms with van der Waals surface area (Å²) in [5, 5.41) is 7.23. The first kappa shape index (κ1) is 14.8. The number of amides is 1. The molecule has 2 aromatic rings. The van der Waals surface area contributed by atoms with Gasteiger partial charge in [-0.05, 0) is 44.4 Å². The maximum Gasteiger partial charge on any atom is 0.227 e. The number of halogens is 1. The molecule has 0 bridgehead atoms. The van der Waals surface area contributed by atoms with E-state index < -0.39 is 0 Å². The van der Waals surface area contributed by atoms with Gasteiger partial charge in [-0.25, -0.2) is 4.39 Å². The molecule has 4 nitrogen and oxygen atoms in total. The number of nitrogens with zero attached hydrogens (tertiary/aromatic N) is 2. The molecule has 1 amide bonds. The Balaban J connectivity index is 1.80. The minimum atomic E-state index is -0.301. The monoisotopic (exact) mass is 301 g/mol. The Kier molecular flexibility index (Phi) is 3.96. The van der Waals surface area contributed by atoms with Gasteiger partial charge in [-0.1, -0.05) is 12.1 Å². The lowest BCUT2D eigenvalue weighted by molar-refractivity contribution is -0.131. The van der Waals surface area contributed by atoms with E-state index in [4.69, 9.17) is 0 Å². The van der Waals surface area contributed by atoms with Gasteiger partial charge in [0.25, 0.3) is 0 Å². The Morgan fingerprint density at radius 2 is 2.27 bits per heavy atom. The highest BCUT2D eigenvalue weighted by Gasteiger charge is 2.32. The normalized spacial score (nSPS) is 18.0. The SMILES string of the molecule is Cc1n[nH]c(C)c1[C@@H]1CCCN1C(=O)Cc1cccc(F)c1. The number of H-pyrrole nitrogens is 1. The van der Waals surface area contributed by atoms with Gasteiger partial charge in [0.15, 0.2) is 0 Å². The zero-order chi connectivity index (χ0) is 15.7. The molecule has 0 radical (unpaired) electrons. The van der Waals surface area contributed by atoms with E-state index in [1.165, 1.54) is 12.1 Å². The van der Waals surface area contributed by atoms with Crippen molar-refractivity contribution in [1.82, 2.24) is 15.1 Å². The molecule has 116 valence electrons. The van der Waals surface area contributed by atoms with E-state index >= 15 is 0 Å². The van der Waals surface area contributed by atoms with E-state index in [1.54, 1.807) is 12.1 Å². The number of rotatable bonds is 3. The zero-order valence-electron chi connectivity index (χ0n) is 12.9. The van der Waals surface area contributed by atoms with Gasteiger partial charge in [-0.2, -0.15) is 5.10 Å².